The van der Waals surface area contributed by atoms with Gasteiger partial charge in [-0.2, -0.15) is 0 Å². The van der Waals surface area contributed by atoms with E-state index in [4.69, 9.17) is 9.47 Å². The van der Waals surface area contributed by atoms with Crippen molar-refractivity contribution in [2.45, 2.75) is 64.5 Å². The van der Waals surface area contributed by atoms with Crippen molar-refractivity contribution in [2.75, 3.05) is 31.6 Å². The third kappa shape index (κ3) is 9.99. The molecule has 0 unspecified atom stereocenters. The number of anilines is 1. The average Bonchev–Trinajstić information content (AvgIpc) is 3.02. The number of nitrogens with zero attached hydrogens (tertiary/aromatic N) is 1. The van der Waals surface area contributed by atoms with Crippen molar-refractivity contribution in [3.63, 3.8) is 0 Å². The first kappa shape index (κ1) is 33.4. The van der Waals surface area contributed by atoms with Crippen LogP contribution in [0.2, 0.25) is 0 Å². The lowest BCUT2D eigenvalue weighted by Gasteiger charge is -2.35. The molecule has 0 saturated carbocycles. The topological polar surface area (TPSA) is 117 Å². The number of amides is 2. The van der Waals surface area contributed by atoms with Crippen LogP contribution in [0.1, 0.15) is 57.6 Å². The van der Waals surface area contributed by atoms with E-state index in [-0.39, 0.29) is 18.9 Å². The first-order valence-electron chi connectivity index (χ1n) is 15.6. The summed E-state index contributed by atoms with van der Waals surface area (Å²) in [6, 6.07) is 25.9. The van der Waals surface area contributed by atoms with Crippen molar-refractivity contribution in [3.05, 3.63) is 90.0 Å². The van der Waals surface area contributed by atoms with Crippen molar-refractivity contribution in [2.24, 2.45) is 5.92 Å². The molecule has 2 amide bonds. The number of esters is 1. The Kier molecular flexibility index (Phi) is 11.5. The summed E-state index contributed by atoms with van der Waals surface area (Å²) in [6.07, 6.45) is 0.338. The molecule has 9 heteroatoms. The fourth-order valence-corrected chi connectivity index (χ4v) is 5.71. The molecule has 3 aromatic carbocycles. The normalized spacial score (nSPS) is 15.1. The first-order chi connectivity index (χ1) is 21.5. The molecular weight excluding hydrogens is 570 g/mol. The smallest absolute Gasteiger partial charge is 0.408 e. The lowest BCUT2D eigenvalue weighted by Crippen LogP contribution is -2.45. The van der Waals surface area contributed by atoms with Crippen LogP contribution in [0.5, 0.6) is 0 Å². The van der Waals surface area contributed by atoms with Crippen molar-refractivity contribution in [1.82, 2.24) is 10.2 Å². The van der Waals surface area contributed by atoms with Gasteiger partial charge in [-0.15, -0.1) is 0 Å². The molecule has 9 nitrogen and oxygen atoms in total. The van der Waals surface area contributed by atoms with Gasteiger partial charge in [0.2, 0.25) is 0 Å². The molecule has 0 bridgehead atoms. The Balaban J connectivity index is 1.45. The number of nitrogens with one attached hydrogen (secondary N) is 2. The number of hydrogen-bond donors (Lipinski definition) is 3. The van der Waals surface area contributed by atoms with Gasteiger partial charge in [-0.1, -0.05) is 66.7 Å². The number of benzene rings is 3. The van der Waals surface area contributed by atoms with Crippen LogP contribution in [0.25, 0.3) is 11.1 Å². The predicted octanol–water partition coefficient (Wildman–Crippen LogP) is 6.94. The predicted molar refractivity (Wildman–Crippen MR) is 175 cm³/mol. The number of alkyl carbamates (subject to hydrolysis) is 1. The first-order valence-corrected chi connectivity index (χ1v) is 15.6. The highest BCUT2D eigenvalue weighted by Crippen LogP contribution is 2.34. The largest absolute Gasteiger partial charge is 0.465 e. The Bertz CT molecular complexity index is 1400. The van der Waals surface area contributed by atoms with E-state index in [1.54, 1.807) is 27.7 Å². The summed E-state index contributed by atoms with van der Waals surface area (Å²) in [6.45, 7) is 8.98. The summed E-state index contributed by atoms with van der Waals surface area (Å²) >= 11 is 0. The van der Waals surface area contributed by atoms with E-state index in [9.17, 15) is 19.5 Å². The second kappa shape index (κ2) is 15.5. The van der Waals surface area contributed by atoms with Gasteiger partial charge in [0.05, 0.1) is 6.61 Å². The summed E-state index contributed by atoms with van der Waals surface area (Å²) in [5, 5.41) is 15.7. The Labute approximate surface area is 265 Å². The minimum Gasteiger partial charge on any atom is -0.465 e. The zero-order chi connectivity index (χ0) is 32.4. The second-order valence-electron chi connectivity index (χ2n) is 12.4. The number of piperidine rings is 1. The van der Waals surface area contributed by atoms with E-state index in [1.807, 2.05) is 42.5 Å². The molecule has 1 fully saturated rings. The number of likely N-dealkylation sites (tertiary alicyclic amines) is 1. The van der Waals surface area contributed by atoms with Gasteiger partial charge in [0, 0.05) is 37.7 Å². The molecule has 1 aliphatic rings. The highest BCUT2D eigenvalue weighted by Gasteiger charge is 2.30. The molecule has 45 heavy (non-hydrogen) atoms. The number of rotatable bonds is 11. The zero-order valence-electron chi connectivity index (χ0n) is 26.6. The summed E-state index contributed by atoms with van der Waals surface area (Å²) < 4.78 is 10.5. The maximum atomic E-state index is 12.6. The van der Waals surface area contributed by atoms with E-state index in [0.29, 0.717) is 25.6 Å². The molecule has 3 aromatic rings. The molecule has 0 spiro atoms. The highest BCUT2D eigenvalue weighted by molar-refractivity contribution is 5.81. The molecule has 1 aliphatic heterocycles. The highest BCUT2D eigenvalue weighted by atomic mass is 16.6. The van der Waals surface area contributed by atoms with E-state index >= 15 is 0 Å². The summed E-state index contributed by atoms with van der Waals surface area (Å²) in [5.74, 6) is 0.0107. The summed E-state index contributed by atoms with van der Waals surface area (Å²) in [7, 11) is 0. The third-order valence-electron chi connectivity index (χ3n) is 8.01. The zero-order valence-corrected chi connectivity index (χ0v) is 26.6. The van der Waals surface area contributed by atoms with Crippen molar-refractivity contribution >= 4 is 23.8 Å². The number of carboxylic acid groups (broad SMARTS) is 1. The van der Waals surface area contributed by atoms with Crippen LogP contribution in [0.3, 0.4) is 0 Å². The molecule has 1 saturated heterocycles. The van der Waals surface area contributed by atoms with E-state index < -0.39 is 29.8 Å². The van der Waals surface area contributed by atoms with Gasteiger partial charge < -0.3 is 30.1 Å². The average molecular weight is 616 g/mol. The number of carbonyl (C=O) groups excluding carboxylic acids is 2. The van der Waals surface area contributed by atoms with Crippen LogP contribution in [0.4, 0.5) is 15.3 Å². The molecule has 1 heterocycles. The van der Waals surface area contributed by atoms with Gasteiger partial charge in [0.25, 0.3) is 0 Å². The molecule has 0 aliphatic carbocycles. The van der Waals surface area contributed by atoms with Crippen molar-refractivity contribution < 1.29 is 29.0 Å². The Morgan fingerprint density at radius 3 is 2.11 bits per heavy atom. The minimum atomic E-state index is -0.876. The fourth-order valence-electron chi connectivity index (χ4n) is 5.71. The van der Waals surface area contributed by atoms with Crippen LogP contribution >= 0.6 is 0 Å². The molecule has 0 radical (unpaired) electrons. The maximum absolute atomic E-state index is 12.6. The molecule has 240 valence electrons. The third-order valence-corrected chi connectivity index (χ3v) is 8.01. The van der Waals surface area contributed by atoms with Gasteiger partial charge in [-0.05, 0) is 80.8 Å². The van der Waals surface area contributed by atoms with Gasteiger partial charge in [-0.25, -0.2) is 14.4 Å². The van der Waals surface area contributed by atoms with Gasteiger partial charge in [0.1, 0.15) is 11.6 Å². The minimum absolute atomic E-state index is 0.191. The van der Waals surface area contributed by atoms with Crippen LogP contribution in [0, 0.1) is 5.92 Å². The monoisotopic (exact) mass is 615 g/mol. The SMILES string of the molecule is CCOC(=O)[C@H](Cc1ccc(NC[C@@H](c2ccc(-c3ccccc3)cc2)C2CCN(C(=O)O)CC2)cc1)NC(=O)OC(C)(C)C. The van der Waals surface area contributed by atoms with Crippen molar-refractivity contribution in [3.8, 4) is 11.1 Å². The Morgan fingerprint density at radius 2 is 1.53 bits per heavy atom. The summed E-state index contributed by atoms with van der Waals surface area (Å²) in [5.41, 5.74) is 4.65. The van der Waals surface area contributed by atoms with Crippen molar-refractivity contribution in [1.29, 1.82) is 0 Å². The maximum Gasteiger partial charge on any atom is 0.408 e. The standard InChI is InChI=1S/C36H45N3O6/c1-5-44-33(40)32(38-34(41)45-36(2,3)4)23-25-11-17-30(18-12-25)37-24-31(29-19-21-39(22-20-29)35(42)43)28-15-13-27(14-16-28)26-9-7-6-8-10-26/h6-18,29,31-32,37H,5,19-24H2,1-4H3,(H,38,41)(H,42,43)/t31-,32-/m0/s1. The van der Waals surface area contributed by atoms with Gasteiger partial charge in [0.15, 0.2) is 0 Å². The molecule has 0 aromatic heterocycles. The molecule has 4 rings (SSSR count). The van der Waals surface area contributed by atoms with Crippen LogP contribution in [-0.2, 0) is 20.7 Å². The Morgan fingerprint density at radius 1 is 0.911 bits per heavy atom. The number of hydrogen-bond acceptors (Lipinski definition) is 6. The molecular formula is C36H45N3O6. The quantitative estimate of drug-likeness (QED) is 0.200. The molecule has 3 N–H and O–H groups in total. The van der Waals surface area contributed by atoms with Gasteiger partial charge in [-0.3, -0.25) is 0 Å². The summed E-state index contributed by atoms with van der Waals surface area (Å²) in [4.78, 5) is 38.0. The van der Waals surface area contributed by atoms with Crippen LogP contribution in [-0.4, -0.2) is 66.0 Å². The second-order valence-corrected chi connectivity index (χ2v) is 12.4. The Hall–Kier alpha value is -4.53. The van der Waals surface area contributed by atoms with Crippen LogP contribution in [0.15, 0.2) is 78.9 Å². The van der Waals surface area contributed by atoms with E-state index in [0.717, 1.165) is 29.7 Å². The van der Waals surface area contributed by atoms with Gasteiger partial charge >= 0.3 is 18.2 Å². The number of ether oxygens (including phenoxy) is 2. The lowest BCUT2D eigenvalue weighted by molar-refractivity contribution is -0.145. The number of carbonyl (C=O) groups is 3. The molecule has 2 atom stereocenters. The fraction of sp³-hybridized carbons (Fsp3) is 0.417. The van der Waals surface area contributed by atoms with Crippen LogP contribution < -0.4 is 10.6 Å². The lowest BCUT2D eigenvalue weighted by atomic mass is 9.79. The van der Waals surface area contributed by atoms with E-state index in [2.05, 4.69) is 47.0 Å². The van der Waals surface area contributed by atoms with E-state index in [1.165, 1.54) is 16.0 Å².